The van der Waals surface area contributed by atoms with Gasteiger partial charge in [-0.1, -0.05) is 0 Å². The van der Waals surface area contributed by atoms with Gasteiger partial charge in [0.2, 0.25) is 5.91 Å². The summed E-state index contributed by atoms with van der Waals surface area (Å²) in [5, 5.41) is 6.15. The van der Waals surface area contributed by atoms with Gasteiger partial charge in [-0.2, -0.15) is 5.10 Å². The maximum absolute atomic E-state index is 12.8. The number of hydrazone groups is 1. The Hall–Kier alpha value is -0.900. The second kappa shape index (κ2) is 4.30. The van der Waals surface area contributed by atoms with Gasteiger partial charge in [0.25, 0.3) is 0 Å². The fourth-order valence-corrected chi connectivity index (χ4v) is 5.31. The van der Waals surface area contributed by atoms with Crippen LogP contribution in [0, 0.1) is 29.6 Å². The Morgan fingerprint density at radius 1 is 1.16 bits per heavy atom. The van der Waals surface area contributed by atoms with Gasteiger partial charge in [0.15, 0.2) is 0 Å². The minimum atomic E-state index is 0.272. The van der Waals surface area contributed by atoms with E-state index in [-0.39, 0.29) is 5.92 Å². The van der Waals surface area contributed by atoms with Crippen LogP contribution in [0.3, 0.4) is 0 Å². The first-order valence-electron chi connectivity index (χ1n) is 7.82. The average molecular weight is 261 g/mol. The third kappa shape index (κ3) is 1.83. The topological polar surface area (TPSA) is 58.7 Å². The van der Waals surface area contributed by atoms with Crippen LogP contribution in [-0.4, -0.2) is 29.7 Å². The molecule has 0 unspecified atom stereocenters. The van der Waals surface area contributed by atoms with Crippen LogP contribution in [0.1, 0.15) is 38.5 Å². The zero-order valence-corrected chi connectivity index (χ0v) is 11.4. The molecule has 0 aromatic rings. The molecule has 2 N–H and O–H groups in total. The molecule has 0 spiro atoms. The van der Waals surface area contributed by atoms with Gasteiger partial charge < -0.3 is 5.73 Å². The Kier molecular flexibility index (Phi) is 2.69. The lowest BCUT2D eigenvalue weighted by Crippen LogP contribution is -2.50. The van der Waals surface area contributed by atoms with E-state index in [0.29, 0.717) is 24.3 Å². The zero-order valence-electron chi connectivity index (χ0n) is 11.4. The molecule has 4 nitrogen and oxygen atoms in total. The largest absolute Gasteiger partial charge is 0.325 e. The molecule has 4 heteroatoms. The van der Waals surface area contributed by atoms with E-state index >= 15 is 0 Å². The van der Waals surface area contributed by atoms with Crippen LogP contribution < -0.4 is 5.73 Å². The average Bonchev–Trinajstić information content (AvgIpc) is 2.86. The summed E-state index contributed by atoms with van der Waals surface area (Å²) >= 11 is 0. The van der Waals surface area contributed by atoms with Crippen molar-refractivity contribution in [2.24, 2.45) is 40.4 Å². The predicted molar refractivity (Wildman–Crippen MR) is 73.4 cm³/mol. The molecule has 5 rings (SSSR count). The number of hydrogen-bond acceptors (Lipinski definition) is 3. The number of nitrogens with zero attached hydrogens (tertiary/aromatic N) is 2. The Bertz CT molecular complexity index is 403. The zero-order chi connectivity index (χ0) is 13.0. The molecule has 0 aromatic carbocycles. The van der Waals surface area contributed by atoms with Crippen molar-refractivity contribution in [3.8, 4) is 0 Å². The van der Waals surface area contributed by atoms with Crippen LogP contribution in [0.4, 0.5) is 0 Å². The van der Waals surface area contributed by atoms with Gasteiger partial charge in [-0.05, 0) is 55.8 Å². The molecule has 1 aliphatic heterocycles. The molecule has 4 bridgehead atoms. The van der Waals surface area contributed by atoms with Crippen LogP contribution in [-0.2, 0) is 4.79 Å². The van der Waals surface area contributed by atoms with Crippen molar-refractivity contribution in [2.45, 2.75) is 38.5 Å². The third-order valence-corrected chi connectivity index (χ3v) is 5.88. The van der Waals surface area contributed by atoms with Crippen molar-refractivity contribution in [1.82, 2.24) is 5.01 Å². The summed E-state index contributed by atoms with van der Waals surface area (Å²) in [7, 11) is 0. The molecule has 104 valence electrons. The quantitative estimate of drug-likeness (QED) is 0.821. The molecule has 4 saturated carbocycles. The van der Waals surface area contributed by atoms with Gasteiger partial charge >= 0.3 is 0 Å². The Labute approximate surface area is 114 Å². The van der Waals surface area contributed by atoms with E-state index in [1.165, 1.54) is 32.1 Å². The van der Waals surface area contributed by atoms with E-state index in [1.807, 2.05) is 0 Å². The summed E-state index contributed by atoms with van der Waals surface area (Å²) in [5.74, 6) is 3.73. The standard InChI is InChI=1S/C15H23N3O/c16-8-13-1-2-18(17-13)15(19)14-11-4-9-3-10(6-11)7-12(14)5-9/h9-12,14H,1-8,16H2. The molecule has 0 saturated heterocycles. The lowest BCUT2D eigenvalue weighted by molar-refractivity contribution is -0.148. The smallest absolute Gasteiger partial charge is 0.246 e. The van der Waals surface area contributed by atoms with Crippen molar-refractivity contribution in [2.75, 3.05) is 13.1 Å². The molecule has 0 atom stereocenters. The lowest BCUT2D eigenvalue weighted by atomic mass is 9.51. The summed E-state index contributed by atoms with van der Waals surface area (Å²) in [4.78, 5) is 12.8. The van der Waals surface area contributed by atoms with Crippen LogP contribution in [0.15, 0.2) is 5.10 Å². The first kappa shape index (κ1) is 11.9. The number of rotatable bonds is 2. The number of hydrogen-bond donors (Lipinski definition) is 1. The number of nitrogens with two attached hydrogens (primary N) is 1. The van der Waals surface area contributed by atoms with Gasteiger partial charge in [0.1, 0.15) is 0 Å². The second-order valence-electron chi connectivity index (χ2n) is 7.04. The second-order valence-corrected chi connectivity index (χ2v) is 7.04. The molecule has 0 aromatic heterocycles. The summed E-state index contributed by atoms with van der Waals surface area (Å²) < 4.78 is 0. The molecule has 0 radical (unpaired) electrons. The molecule has 4 fully saturated rings. The Morgan fingerprint density at radius 2 is 1.79 bits per heavy atom. The molecular weight excluding hydrogens is 238 g/mol. The molecule has 4 aliphatic carbocycles. The highest BCUT2D eigenvalue weighted by Crippen LogP contribution is 2.56. The highest BCUT2D eigenvalue weighted by molar-refractivity contribution is 5.91. The van der Waals surface area contributed by atoms with E-state index in [9.17, 15) is 4.79 Å². The van der Waals surface area contributed by atoms with E-state index in [0.717, 1.165) is 30.5 Å². The van der Waals surface area contributed by atoms with Crippen molar-refractivity contribution in [3.05, 3.63) is 0 Å². The fourth-order valence-electron chi connectivity index (χ4n) is 5.31. The molecule has 1 amide bonds. The highest BCUT2D eigenvalue weighted by atomic mass is 16.2. The molecular formula is C15H23N3O. The van der Waals surface area contributed by atoms with Crippen LogP contribution in [0.2, 0.25) is 0 Å². The number of carbonyl (C=O) groups excluding carboxylic acids is 1. The fraction of sp³-hybridized carbons (Fsp3) is 0.867. The van der Waals surface area contributed by atoms with E-state index in [2.05, 4.69) is 5.10 Å². The Balaban J connectivity index is 1.53. The normalized spacial score (nSPS) is 43.7. The first-order valence-corrected chi connectivity index (χ1v) is 7.82. The third-order valence-electron chi connectivity index (χ3n) is 5.88. The predicted octanol–water partition coefficient (Wildman–Crippen LogP) is 1.61. The van der Waals surface area contributed by atoms with Crippen LogP contribution >= 0.6 is 0 Å². The Morgan fingerprint density at radius 3 is 2.32 bits per heavy atom. The van der Waals surface area contributed by atoms with E-state index in [1.54, 1.807) is 5.01 Å². The SMILES string of the molecule is NCC1=NN(C(=O)C2C3CC4CC(C3)CC2C4)CC1. The van der Waals surface area contributed by atoms with Crippen molar-refractivity contribution >= 4 is 11.6 Å². The van der Waals surface area contributed by atoms with Crippen LogP contribution in [0.5, 0.6) is 0 Å². The minimum absolute atomic E-state index is 0.272. The summed E-state index contributed by atoms with van der Waals surface area (Å²) in [6, 6.07) is 0. The van der Waals surface area contributed by atoms with Gasteiger partial charge in [-0.15, -0.1) is 0 Å². The van der Waals surface area contributed by atoms with Crippen molar-refractivity contribution in [3.63, 3.8) is 0 Å². The van der Waals surface area contributed by atoms with Gasteiger partial charge in [-0.25, -0.2) is 5.01 Å². The lowest BCUT2D eigenvalue weighted by Gasteiger charge is -2.54. The highest BCUT2D eigenvalue weighted by Gasteiger charge is 2.51. The number of carbonyl (C=O) groups is 1. The monoisotopic (exact) mass is 261 g/mol. The van der Waals surface area contributed by atoms with Crippen molar-refractivity contribution < 1.29 is 4.79 Å². The first-order chi connectivity index (χ1) is 9.24. The number of amides is 1. The summed E-state index contributed by atoms with van der Waals surface area (Å²) in [6.07, 6.45) is 7.49. The van der Waals surface area contributed by atoms with Crippen molar-refractivity contribution in [1.29, 1.82) is 0 Å². The van der Waals surface area contributed by atoms with E-state index < -0.39 is 0 Å². The summed E-state index contributed by atoms with van der Waals surface area (Å²) in [5.41, 5.74) is 6.61. The molecule has 1 heterocycles. The maximum Gasteiger partial charge on any atom is 0.246 e. The van der Waals surface area contributed by atoms with Crippen LogP contribution in [0.25, 0.3) is 0 Å². The maximum atomic E-state index is 12.8. The molecule has 19 heavy (non-hydrogen) atoms. The minimum Gasteiger partial charge on any atom is -0.325 e. The molecule has 5 aliphatic rings. The summed E-state index contributed by atoms with van der Waals surface area (Å²) in [6.45, 7) is 1.25. The van der Waals surface area contributed by atoms with Gasteiger partial charge in [-0.3, -0.25) is 4.79 Å². The van der Waals surface area contributed by atoms with Gasteiger partial charge in [0, 0.05) is 25.4 Å². The van der Waals surface area contributed by atoms with E-state index in [4.69, 9.17) is 5.73 Å². The van der Waals surface area contributed by atoms with Gasteiger partial charge in [0.05, 0.1) is 5.71 Å².